The molecule has 1 aromatic carbocycles. The van der Waals surface area contributed by atoms with Gasteiger partial charge in [0.2, 0.25) is 0 Å². The van der Waals surface area contributed by atoms with Crippen molar-refractivity contribution in [3.05, 3.63) is 52.8 Å². The number of piperidine rings is 1. The minimum absolute atomic E-state index is 0.0478. The molecule has 0 bridgehead atoms. The number of benzene rings is 1. The summed E-state index contributed by atoms with van der Waals surface area (Å²) in [6, 6.07) is 8.48. The summed E-state index contributed by atoms with van der Waals surface area (Å²) >= 11 is 6.18. The number of rotatable bonds is 5. The first-order valence-electron chi connectivity index (χ1n) is 8.83. The van der Waals surface area contributed by atoms with E-state index >= 15 is 0 Å². The largest absolute Gasteiger partial charge is 0.349 e. The normalized spacial score (nSPS) is 16.3. The first-order chi connectivity index (χ1) is 12.0. The van der Waals surface area contributed by atoms with Crippen molar-refractivity contribution in [3.63, 3.8) is 0 Å². The smallest absolute Gasteiger partial charge is 0.254 e. The van der Waals surface area contributed by atoms with Crippen molar-refractivity contribution < 1.29 is 4.79 Å². The summed E-state index contributed by atoms with van der Waals surface area (Å²) in [6.07, 6.45) is 5.40. The van der Waals surface area contributed by atoms with Crippen LogP contribution in [0.15, 0.2) is 36.7 Å². The first-order valence-corrected chi connectivity index (χ1v) is 9.21. The molecule has 1 aromatic heterocycles. The number of likely N-dealkylation sites (tertiary alicyclic amines) is 1. The van der Waals surface area contributed by atoms with Gasteiger partial charge < -0.3 is 10.2 Å². The van der Waals surface area contributed by atoms with Crippen LogP contribution in [0.2, 0.25) is 5.02 Å². The zero-order chi connectivity index (χ0) is 17.8. The number of carbonyl (C=O) groups is 1. The lowest BCUT2D eigenvalue weighted by Crippen LogP contribution is -2.46. The Bertz CT molecular complexity index is 720. The van der Waals surface area contributed by atoms with E-state index < -0.39 is 0 Å². The maximum atomic E-state index is 12.5. The van der Waals surface area contributed by atoms with Gasteiger partial charge in [-0.1, -0.05) is 29.8 Å². The van der Waals surface area contributed by atoms with Crippen molar-refractivity contribution in [2.24, 2.45) is 0 Å². The third-order valence-electron chi connectivity index (χ3n) is 4.78. The highest BCUT2D eigenvalue weighted by Gasteiger charge is 2.22. The quantitative estimate of drug-likeness (QED) is 0.890. The zero-order valence-corrected chi connectivity index (χ0v) is 15.5. The average Bonchev–Trinajstić information content (AvgIpc) is 3.06. The number of halogens is 1. The number of nitrogens with one attached hydrogen (secondary N) is 1. The van der Waals surface area contributed by atoms with E-state index in [1.54, 1.807) is 17.1 Å². The maximum absolute atomic E-state index is 12.5. The van der Waals surface area contributed by atoms with Gasteiger partial charge in [-0.15, -0.1) is 0 Å². The molecule has 0 spiro atoms. The van der Waals surface area contributed by atoms with Gasteiger partial charge in [-0.25, -0.2) is 0 Å². The van der Waals surface area contributed by atoms with Crippen molar-refractivity contribution in [3.8, 4) is 0 Å². The number of nitrogens with zero attached hydrogens (tertiary/aromatic N) is 3. The topological polar surface area (TPSA) is 50.2 Å². The van der Waals surface area contributed by atoms with Crippen LogP contribution in [0.25, 0.3) is 0 Å². The number of hydrogen-bond acceptors (Lipinski definition) is 3. The Morgan fingerprint density at radius 3 is 2.72 bits per heavy atom. The SMILES string of the molecule is CC(C)N1CCC(NC(=O)c2cnn(Cc3ccccc3Cl)c2)CC1. The minimum atomic E-state index is -0.0478. The molecule has 0 unspecified atom stereocenters. The van der Waals surface area contributed by atoms with Gasteiger partial charge in [-0.2, -0.15) is 5.10 Å². The molecule has 3 rings (SSSR count). The molecular formula is C19H25ClN4O. The predicted octanol–water partition coefficient (Wildman–Crippen LogP) is 3.19. The molecule has 2 aromatic rings. The van der Waals surface area contributed by atoms with E-state index in [0.717, 1.165) is 31.5 Å². The standard InChI is InChI=1S/C19H25ClN4O/c1-14(2)23-9-7-17(8-10-23)22-19(25)16-11-21-24(13-16)12-15-5-3-4-6-18(15)20/h3-6,11,13-14,17H,7-10,12H2,1-2H3,(H,22,25). The van der Waals surface area contributed by atoms with Gasteiger partial charge in [0.1, 0.15) is 0 Å². The average molecular weight is 361 g/mol. The molecule has 0 atom stereocenters. The van der Waals surface area contributed by atoms with Crippen LogP contribution in [-0.4, -0.2) is 45.8 Å². The number of hydrogen-bond donors (Lipinski definition) is 1. The molecular weight excluding hydrogens is 336 g/mol. The van der Waals surface area contributed by atoms with Crippen LogP contribution in [0.1, 0.15) is 42.6 Å². The van der Waals surface area contributed by atoms with Crippen molar-refractivity contribution in [2.45, 2.75) is 45.3 Å². The highest BCUT2D eigenvalue weighted by Crippen LogP contribution is 2.17. The number of aromatic nitrogens is 2. The molecule has 5 nitrogen and oxygen atoms in total. The Balaban J connectivity index is 1.55. The van der Waals surface area contributed by atoms with Gasteiger partial charge in [0.15, 0.2) is 0 Å². The fourth-order valence-corrected chi connectivity index (χ4v) is 3.39. The second-order valence-electron chi connectivity index (χ2n) is 6.90. The van der Waals surface area contributed by atoms with Crippen molar-refractivity contribution in [1.29, 1.82) is 0 Å². The number of amides is 1. The van der Waals surface area contributed by atoms with Crippen LogP contribution in [0, 0.1) is 0 Å². The summed E-state index contributed by atoms with van der Waals surface area (Å²) < 4.78 is 1.75. The van der Waals surface area contributed by atoms with Gasteiger partial charge in [0.05, 0.1) is 18.3 Å². The third-order valence-corrected chi connectivity index (χ3v) is 5.15. The molecule has 1 N–H and O–H groups in total. The molecule has 0 saturated carbocycles. The Labute approximate surface area is 154 Å². The number of carbonyl (C=O) groups excluding carboxylic acids is 1. The van der Waals surface area contributed by atoms with Crippen LogP contribution >= 0.6 is 11.6 Å². The fraction of sp³-hybridized carbons (Fsp3) is 0.474. The highest BCUT2D eigenvalue weighted by molar-refractivity contribution is 6.31. The van der Waals surface area contributed by atoms with E-state index in [1.165, 1.54) is 0 Å². The van der Waals surface area contributed by atoms with Crippen LogP contribution < -0.4 is 5.32 Å². The monoisotopic (exact) mass is 360 g/mol. The minimum Gasteiger partial charge on any atom is -0.349 e. The molecule has 134 valence electrons. The van der Waals surface area contributed by atoms with Crippen molar-refractivity contribution in [2.75, 3.05) is 13.1 Å². The lowest BCUT2D eigenvalue weighted by molar-refractivity contribution is 0.0900. The summed E-state index contributed by atoms with van der Waals surface area (Å²) in [6.45, 7) is 7.06. The van der Waals surface area contributed by atoms with Crippen molar-refractivity contribution in [1.82, 2.24) is 20.0 Å². The van der Waals surface area contributed by atoms with E-state index in [9.17, 15) is 4.79 Å². The predicted molar refractivity (Wildman–Crippen MR) is 100.0 cm³/mol. The van der Waals surface area contributed by atoms with Crippen LogP contribution in [0.4, 0.5) is 0 Å². The summed E-state index contributed by atoms with van der Waals surface area (Å²) in [5.74, 6) is -0.0478. The molecule has 1 saturated heterocycles. The van der Waals surface area contributed by atoms with Crippen LogP contribution in [-0.2, 0) is 6.54 Å². The molecule has 2 heterocycles. The van der Waals surface area contributed by atoms with E-state index in [4.69, 9.17) is 11.6 Å². The molecule has 1 aliphatic heterocycles. The second-order valence-corrected chi connectivity index (χ2v) is 7.30. The Morgan fingerprint density at radius 1 is 1.32 bits per heavy atom. The fourth-order valence-electron chi connectivity index (χ4n) is 3.20. The molecule has 25 heavy (non-hydrogen) atoms. The van der Waals surface area contributed by atoms with Gasteiger partial charge in [0.25, 0.3) is 5.91 Å². The Kier molecular flexibility index (Phi) is 5.76. The third kappa shape index (κ3) is 4.61. The van der Waals surface area contributed by atoms with Gasteiger partial charge >= 0.3 is 0 Å². The first kappa shape index (κ1) is 18.0. The van der Waals surface area contributed by atoms with E-state index in [1.807, 2.05) is 24.3 Å². The molecule has 1 fully saturated rings. The van der Waals surface area contributed by atoms with E-state index in [-0.39, 0.29) is 11.9 Å². The molecule has 1 aliphatic rings. The molecule has 0 aliphatic carbocycles. The lowest BCUT2D eigenvalue weighted by atomic mass is 10.0. The summed E-state index contributed by atoms with van der Waals surface area (Å²) in [5, 5.41) is 8.14. The highest BCUT2D eigenvalue weighted by atomic mass is 35.5. The molecule has 6 heteroatoms. The Morgan fingerprint density at radius 2 is 2.04 bits per heavy atom. The second kappa shape index (κ2) is 8.02. The maximum Gasteiger partial charge on any atom is 0.254 e. The van der Waals surface area contributed by atoms with Crippen LogP contribution in [0.5, 0.6) is 0 Å². The van der Waals surface area contributed by atoms with Gasteiger partial charge in [-0.05, 0) is 38.3 Å². The van der Waals surface area contributed by atoms with Crippen LogP contribution in [0.3, 0.4) is 0 Å². The van der Waals surface area contributed by atoms with Gasteiger partial charge in [-0.3, -0.25) is 9.48 Å². The summed E-state index contributed by atoms with van der Waals surface area (Å²) in [5.41, 5.74) is 1.58. The zero-order valence-electron chi connectivity index (χ0n) is 14.8. The van der Waals surface area contributed by atoms with E-state index in [2.05, 4.69) is 29.2 Å². The van der Waals surface area contributed by atoms with E-state index in [0.29, 0.717) is 23.2 Å². The van der Waals surface area contributed by atoms with Crippen molar-refractivity contribution >= 4 is 17.5 Å². The Hall–Kier alpha value is -1.85. The lowest BCUT2D eigenvalue weighted by Gasteiger charge is -2.34. The molecule has 1 amide bonds. The summed E-state index contributed by atoms with van der Waals surface area (Å²) in [7, 11) is 0. The molecule has 0 radical (unpaired) electrons. The van der Waals surface area contributed by atoms with Gasteiger partial charge in [0, 0.05) is 36.4 Å². The summed E-state index contributed by atoms with van der Waals surface area (Å²) in [4.78, 5) is 14.9.